The summed E-state index contributed by atoms with van der Waals surface area (Å²) in [5.74, 6) is 0. The summed E-state index contributed by atoms with van der Waals surface area (Å²) in [6, 6.07) is 0. The minimum Gasteiger partial charge on any atom is -0.444 e. The third kappa shape index (κ3) is 8.43. The van der Waals surface area contributed by atoms with Gasteiger partial charge in [-0.2, -0.15) is 0 Å². The molecule has 0 spiro atoms. The van der Waals surface area contributed by atoms with Gasteiger partial charge in [0.05, 0.1) is 12.7 Å². The van der Waals surface area contributed by atoms with Crippen LogP contribution in [0.2, 0.25) is 18.1 Å². The van der Waals surface area contributed by atoms with Gasteiger partial charge in [0.2, 0.25) is 0 Å². The lowest BCUT2D eigenvalue weighted by Gasteiger charge is -2.39. The molecule has 0 rings (SSSR count). The molecule has 0 aromatic heterocycles. The molecule has 0 aliphatic rings. The number of carbonyl (C=O) groups excluding carboxylic acids is 1. The number of amides is 1. The average molecular weight is 320 g/mol. The van der Waals surface area contributed by atoms with Crippen molar-refractivity contribution in [2.24, 2.45) is 0 Å². The molecule has 1 amide bonds. The Hall–Kier alpha value is -0.593. The van der Waals surface area contributed by atoms with E-state index in [1.807, 2.05) is 20.8 Å². The Bertz CT molecular complexity index is 332. The summed E-state index contributed by atoms with van der Waals surface area (Å²) in [5.41, 5.74) is -0.502. The van der Waals surface area contributed by atoms with E-state index in [2.05, 4.69) is 39.2 Å². The zero-order valence-corrected chi connectivity index (χ0v) is 15.9. The van der Waals surface area contributed by atoms with Gasteiger partial charge in [0.1, 0.15) is 5.60 Å². The molecule has 0 aliphatic heterocycles. The van der Waals surface area contributed by atoms with Gasteiger partial charge in [-0.25, -0.2) is 4.79 Å². The summed E-state index contributed by atoms with van der Waals surface area (Å²) in [4.78, 5) is 11.5. The summed E-state index contributed by atoms with van der Waals surface area (Å²) < 4.78 is 11.3. The average Bonchev–Trinajstić information content (AvgIpc) is 2.23. The lowest BCUT2D eigenvalue weighted by Crippen LogP contribution is -2.45. The fourth-order valence-corrected chi connectivity index (χ4v) is 2.81. The van der Waals surface area contributed by atoms with E-state index in [4.69, 9.17) is 9.16 Å². The van der Waals surface area contributed by atoms with Crippen molar-refractivity contribution < 1.29 is 19.1 Å². The number of alkyl carbamates (subject to hydrolysis) is 1. The molecule has 0 heterocycles. The minimum absolute atomic E-state index is 0.0392. The molecule has 0 radical (unpaired) electrons. The number of nitrogens with one attached hydrogen (secondary N) is 1. The van der Waals surface area contributed by atoms with Gasteiger partial charge in [-0.1, -0.05) is 20.8 Å². The largest absolute Gasteiger partial charge is 0.444 e. The summed E-state index contributed by atoms with van der Waals surface area (Å²) in [7, 11) is -1.91. The number of rotatable bonds is 6. The molecular formula is C15H33NO4Si. The van der Waals surface area contributed by atoms with Crippen molar-refractivity contribution in [3.05, 3.63) is 0 Å². The Morgan fingerprint density at radius 3 is 2.10 bits per heavy atom. The van der Waals surface area contributed by atoms with Gasteiger partial charge in [-0.3, -0.25) is 0 Å². The van der Waals surface area contributed by atoms with Crippen molar-refractivity contribution in [2.75, 3.05) is 13.2 Å². The monoisotopic (exact) mass is 319 g/mol. The van der Waals surface area contributed by atoms with Gasteiger partial charge in [0, 0.05) is 6.54 Å². The van der Waals surface area contributed by atoms with Crippen LogP contribution in [0.4, 0.5) is 4.79 Å². The second-order valence-electron chi connectivity index (χ2n) is 7.90. The maximum atomic E-state index is 11.5. The molecule has 5 nitrogen and oxygen atoms in total. The highest BCUT2D eigenvalue weighted by molar-refractivity contribution is 6.74. The molecule has 0 unspecified atom stereocenters. The fraction of sp³-hybridized carbons (Fsp3) is 0.933. The van der Waals surface area contributed by atoms with Crippen molar-refractivity contribution >= 4 is 14.4 Å². The van der Waals surface area contributed by atoms with E-state index >= 15 is 0 Å². The normalized spacial score (nSPS) is 14.7. The van der Waals surface area contributed by atoms with Crippen molar-refractivity contribution in [1.82, 2.24) is 5.32 Å². The molecule has 0 aromatic rings. The minimum atomic E-state index is -1.91. The maximum absolute atomic E-state index is 11.5. The van der Waals surface area contributed by atoms with Crippen molar-refractivity contribution in [3.8, 4) is 0 Å². The molecule has 0 fully saturated rings. The second-order valence-corrected chi connectivity index (χ2v) is 12.7. The van der Waals surface area contributed by atoms with Gasteiger partial charge in [-0.15, -0.1) is 0 Å². The topological polar surface area (TPSA) is 67.8 Å². The molecular weight excluding hydrogens is 286 g/mol. The predicted molar refractivity (Wildman–Crippen MR) is 88.0 cm³/mol. The van der Waals surface area contributed by atoms with Crippen LogP contribution < -0.4 is 5.32 Å². The second kappa shape index (κ2) is 7.60. The quantitative estimate of drug-likeness (QED) is 0.737. The van der Waals surface area contributed by atoms with Crippen molar-refractivity contribution in [3.63, 3.8) is 0 Å². The molecule has 6 heteroatoms. The third-order valence-corrected chi connectivity index (χ3v) is 8.14. The maximum Gasteiger partial charge on any atom is 0.407 e. The Morgan fingerprint density at radius 1 is 1.19 bits per heavy atom. The van der Waals surface area contributed by atoms with Crippen LogP contribution in [0, 0.1) is 0 Å². The number of aliphatic hydroxyl groups excluding tert-OH is 1. The van der Waals surface area contributed by atoms with Crippen LogP contribution >= 0.6 is 0 Å². The Kier molecular flexibility index (Phi) is 7.39. The van der Waals surface area contributed by atoms with Gasteiger partial charge in [-0.05, 0) is 45.3 Å². The van der Waals surface area contributed by atoms with Crippen LogP contribution in [0.1, 0.15) is 48.0 Å². The summed E-state index contributed by atoms with van der Waals surface area (Å²) in [5, 5.41) is 12.2. The summed E-state index contributed by atoms with van der Waals surface area (Å²) in [6.07, 6.45) is -0.116. The Morgan fingerprint density at radius 2 is 1.71 bits per heavy atom. The van der Waals surface area contributed by atoms with Crippen LogP contribution in [0.15, 0.2) is 0 Å². The van der Waals surface area contributed by atoms with Crippen LogP contribution in [-0.4, -0.2) is 44.4 Å². The van der Waals surface area contributed by atoms with Gasteiger partial charge >= 0.3 is 6.09 Å². The molecule has 1 atom stereocenters. The molecule has 0 aromatic carbocycles. The highest BCUT2D eigenvalue weighted by atomic mass is 28.4. The van der Waals surface area contributed by atoms with Crippen LogP contribution in [-0.2, 0) is 9.16 Å². The zero-order chi connectivity index (χ0) is 16.9. The molecule has 0 saturated heterocycles. The fourth-order valence-electron chi connectivity index (χ4n) is 1.43. The summed E-state index contributed by atoms with van der Waals surface area (Å²) >= 11 is 0. The number of carbonyl (C=O) groups is 1. The van der Waals surface area contributed by atoms with Crippen molar-refractivity contribution in [1.29, 1.82) is 0 Å². The van der Waals surface area contributed by atoms with Crippen LogP contribution in [0.25, 0.3) is 0 Å². The molecule has 0 saturated carbocycles. The Balaban J connectivity index is 4.27. The first-order valence-corrected chi connectivity index (χ1v) is 10.4. The molecule has 0 bridgehead atoms. The van der Waals surface area contributed by atoms with E-state index in [-0.39, 0.29) is 17.7 Å². The van der Waals surface area contributed by atoms with Crippen LogP contribution in [0.5, 0.6) is 0 Å². The zero-order valence-electron chi connectivity index (χ0n) is 14.9. The highest BCUT2D eigenvalue weighted by Gasteiger charge is 2.38. The number of hydrogen-bond acceptors (Lipinski definition) is 4. The first-order chi connectivity index (χ1) is 9.28. The Labute approximate surface area is 130 Å². The lowest BCUT2D eigenvalue weighted by atomic mass is 10.2. The van der Waals surface area contributed by atoms with Gasteiger partial charge < -0.3 is 19.6 Å². The van der Waals surface area contributed by atoms with E-state index in [1.165, 1.54) is 0 Å². The van der Waals surface area contributed by atoms with E-state index in [0.29, 0.717) is 13.0 Å². The number of ether oxygens (including phenoxy) is 1. The summed E-state index contributed by atoms with van der Waals surface area (Å²) in [6.45, 7) is 16.6. The van der Waals surface area contributed by atoms with E-state index in [0.717, 1.165) is 0 Å². The van der Waals surface area contributed by atoms with Gasteiger partial charge in [0.25, 0.3) is 0 Å². The first kappa shape index (κ1) is 20.4. The van der Waals surface area contributed by atoms with E-state index < -0.39 is 20.0 Å². The van der Waals surface area contributed by atoms with E-state index in [9.17, 15) is 9.90 Å². The SMILES string of the molecule is CC(C)(C)OC(=O)NCC[C@@H](CO)O[Si](C)(C)C(C)(C)C. The number of hydrogen-bond donors (Lipinski definition) is 2. The highest BCUT2D eigenvalue weighted by Crippen LogP contribution is 2.37. The van der Waals surface area contributed by atoms with E-state index in [1.54, 1.807) is 0 Å². The standard InChI is InChI=1S/C15H33NO4Si/c1-14(2,3)19-13(18)16-10-9-12(11-17)20-21(7,8)15(4,5)6/h12,17H,9-11H2,1-8H3,(H,16,18)/t12-/m0/s1. The third-order valence-electron chi connectivity index (χ3n) is 3.61. The number of aliphatic hydroxyl groups is 1. The van der Waals surface area contributed by atoms with Crippen molar-refractivity contribution in [2.45, 2.75) is 77.8 Å². The molecule has 0 aliphatic carbocycles. The smallest absolute Gasteiger partial charge is 0.407 e. The van der Waals surface area contributed by atoms with Gasteiger partial charge in [0.15, 0.2) is 8.32 Å². The van der Waals surface area contributed by atoms with Crippen LogP contribution in [0.3, 0.4) is 0 Å². The molecule has 126 valence electrons. The lowest BCUT2D eigenvalue weighted by molar-refractivity contribution is 0.0506. The molecule has 2 N–H and O–H groups in total. The first-order valence-electron chi connectivity index (χ1n) is 7.54. The molecule has 21 heavy (non-hydrogen) atoms. The predicted octanol–water partition coefficient (Wildman–Crippen LogP) is 3.28.